The maximum atomic E-state index is 12.7. The summed E-state index contributed by atoms with van der Waals surface area (Å²) in [5.41, 5.74) is 0.0143. The molecule has 188 valence electrons. The zero-order valence-corrected chi connectivity index (χ0v) is 21.6. The first-order valence-electron chi connectivity index (χ1n) is 13.2. The predicted octanol–water partition coefficient (Wildman–Crippen LogP) is 5.77. The highest BCUT2D eigenvalue weighted by Crippen LogP contribution is 2.37. The Labute approximate surface area is 197 Å². The molecule has 0 aromatic rings. The maximum absolute atomic E-state index is 12.7. The number of amides is 3. The minimum atomic E-state index is -0.365. The molecule has 0 saturated carbocycles. The third-order valence-corrected chi connectivity index (χ3v) is 8.00. The van der Waals surface area contributed by atoms with E-state index in [0.717, 1.165) is 64.6 Å². The molecule has 1 saturated heterocycles. The van der Waals surface area contributed by atoms with Crippen LogP contribution in [0.5, 0.6) is 0 Å². The molecule has 0 spiro atoms. The summed E-state index contributed by atoms with van der Waals surface area (Å²) in [7, 11) is 0. The van der Waals surface area contributed by atoms with Crippen molar-refractivity contribution in [2.45, 2.75) is 117 Å². The molecule has 0 aromatic carbocycles. The molecule has 1 rings (SSSR count). The molecule has 1 aliphatic heterocycles. The van der Waals surface area contributed by atoms with Crippen LogP contribution in [0.2, 0.25) is 0 Å². The van der Waals surface area contributed by atoms with Crippen LogP contribution in [-0.2, 0) is 9.53 Å². The van der Waals surface area contributed by atoms with Gasteiger partial charge in [-0.25, -0.2) is 4.79 Å². The molecule has 0 bridgehead atoms. The van der Waals surface area contributed by atoms with Gasteiger partial charge >= 0.3 is 6.03 Å². The Morgan fingerprint density at radius 3 is 1.84 bits per heavy atom. The SMILES string of the molecule is CCN1CC(=O)N(C(CC)(CC)CCCCOCCCCC(CC)(CC)CCCO)C1=O. The van der Waals surface area contributed by atoms with Gasteiger partial charge in [0.25, 0.3) is 5.91 Å². The average molecular weight is 455 g/mol. The number of ether oxygens (including phenoxy) is 1. The summed E-state index contributed by atoms with van der Waals surface area (Å²) < 4.78 is 5.89. The second-order valence-electron chi connectivity index (χ2n) is 9.52. The number of hydrogen-bond acceptors (Lipinski definition) is 4. The van der Waals surface area contributed by atoms with Crippen molar-refractivity contribution in [2.75, 3.05) is 32.9 Å². The van der Waals surface area contributed by atoms with Crippen LogP contribution in [0, 0.1) is 5.41 Å². The molecule has 0 atom stereocenters. The summed E-state index contributed by atoms with van der Waals surface area (Å²) >= 11 is 0. The maximum Gasteiger partial charge on any atom is 0.327 e. The van der Waals surface area contributed by atoms with Crippen molar-refractivity contribution in [3.8, 4) is 0 Å². The summed E-state index contributed by atoms with van der Waals surface area (Å²) in [5.74, 6) is -0.0500. The number of likely N-dealkylation sites (N-methyl/N-ethyl adjacent to an activating group) is 1. The van der Waals surface area contributed by atoms with Gasteiger partial charge in [0.05, 0.1) is 5.54 Å². The van der Waals surface area contributed by atoms with Crippen molar-refractivity contribution in [3.05, 3.63) is 0 Å². The largest absolute Gasteiger partial charge is 0.396 e. The van der Waals surface area contributed by atoms with Gasteiger partial charge in [-0.1, -0.05) is 47.0 Å². The van der Waals surface area contributed by atoms with E-state index in [2.05, 4.69) is 27.7 Å². The molecule has 0 unspecified atom stereocenters. The standard InChI is InChI=1S/C26H50N2O4/c1-6-25(7-2,17-15-19-29)16-11-13-20-32-21-14-12-18-26(8-3,9-4)28-23(30)22-27(10-5)24(28)31/h29H,6-22H2,1-5H3. The fourth-order valence-corrected chi connectivity index (χ4v) is 5.30. The van der Waals surface area contributed by atoms with Crippen LogP contribution >= 0.6 is 0 Å². The molecule has 1 heterocycles. The number of aliphatic hydroxyl groups is 1. The molecular weight excluding hydrogens is 404 g/mol. The van der Waals surface area contributed by atoms with Crippen molar-refractivity contribution in [1.82, 2.24) is 9.80 Å². The van der Waals surface area contributed by atoms with Gasteiger partial charge in [0.2, 0.25) is 0 Å². The van der Waals surface area contributed by atoms with Gasteiger partial charge < -0.3 is 14.7 Å². The van der Waals surface area contributed by atoms with E-state index in [4.69, 9.17) is 9.84 Å². The highest BCUT2D eigenvalue weighted by atomic mass is 16.5. The predicted molar refractivity (Wildman–Crippen MR) is 131 cm³/mol. The van der Waals surface area contributed by atoms with E-state index in [9.17, 15) is 9.59 Å². The van der Waals surface area contributed by atoms with Gasteiger partial charge in [-0.15, -0.1) is 0 Å². The average Bonchev–Trinajstić information content (AvgIpc) is 3.11. The molecular formula is C26H50N2O4. The third kappa shape index (κ3) is 7.72. The third-order valence-electron chi connectivity index (χ3n) is 8.00. The summed E-state index contributed by atoms with van der Waals surface area (Å²) in [6.07, 6.45) is 12.2. The summed E-state index contributed by atoms with van der Waals surface area (Å²) in [6.45, 7) is 13.3. The van der Waals surface area contributed by atoms with Crippen LogP contribution in [0.4, 0.5) is 4.79 Å². The number of urea groups is 1. The Bertz CT molecular complexity index is 544. The van der Waals surface area contributed by atoms with Crippen molar-refractivity contribution in [2.24, 2.45) is 5.41 Å². The number of nitrogens with zero attached hydrogens (tertiary/aromatic N) is 2. The van der Waals surface area contributed by atoms with Crippen molar-refractivity contribution in [3.63, 3.8) is 0 Å². The second kappa shape index (κ2) is 14.9. The number of carbonyl (C=O) groups is 2. The molecule has 0 aromatic heterocycles. The lowest BCUT2D eigenvalue weighted by Gasteiger charge is -2.39. The molecule has 3 amide bonds. The first-order valence-corrected chi connectivity index (χ1v) is 13.2. The number of aliphatic hydroxyl groups excluding tert-OH is 1. The molecule has 1 fully saturated rings. The van der Waals surface area contributed by atoms with Crippen molar-refractivity contribution >= 4 is 11.9 Å². The molecule has 32 heavy (non-hydrogen) atoms. The number of unbranched alkanes of at least 4 members (excludes halogenated alkanes) is 2. The zero-order chi connectivity index (χ0) is 24.0. The molecule has 1 aliphatic rings. The lowest BCUT2D eigenvalue weighted by molar-refractivity contribution is -0.130. The summed E-state index contributed by atoms with van der Waals surface area (Å²) in [4.78, 5) is 28.5. The molecule has 6 nitrogen and oxygen atoms in total. The lowest BCUT2D eigenvalue weighted by Crippen LogP contribution is -2.51. The van der Waals surface area contributed by atoms with E-state index in [1.165, 1.54) is 25.7 Å². The minimum absolute atomic E-state index is 0.0500. The van der Waals surface area contributed by atoms with Gasteiger partial charge in [0.15, 0.2) is 0 Å². The van der Waals surface area contributed by atoms with Crippen LogP contribution < -0.4 is 0 Å². The van der Waals surface area contributed by atoms with Crippen LogP contribution in [0.1, 0.15) is 112 Å². The highest BCUT2D eigenvalue weighted by molar-refractivity contribution is 6.02. The highest BCUT2D eigenvalue weighted by Gasteiger charge is 2.46. The smallest absolute Gasteiger partial charge is 0.327 e. The fourth-order valence-electron chi connectivity index (χ4n) is 5.30. The molecule has 0 aliphatic carbocycles. The Kier molecular flexibility index (Phi) is 13.4. The van der Waals surface area contributed by atoms with E-state index in [0.29, 0.717) is 18.6 Å². The lowest BCUT2D eigenvalue weighted by atomic mass is 9.74. The molecule has 1 N–H and O–H groups in total. The fraction of sp³-hybridized carbons (Fsp3) is 0.923. The summed E-state index contributed by atoms with van der Waals surface area (Å²) in [6, 6.07) is -0.119. The summed E-state index contributed by atoms with van der Waals surface area (Å²) in [5, 5.41) is 9.17. The minimum Gasteiger partial charge on any atom is -0.396 e. The monoisotopic (exact) mass is 454 g/mol. The van der Waals surface area contributed by atoms with E-state index in [1.54, 1.807) is 9.80 Å². The first-order chi connectivity index (χ1) is 15.4. The van der Waals surface area contributed by atoms with Crippen molar-refractivity contribution in [1.29, 1.82) is 0 Å². The van der Waals surface area contributed by atoms with Gasteiger partial charge in [0.1, 0.15) is 6.54 Å². The Hall–Kier alpha value is -1.14. The van der Waals surface area contributed by atoms with Crippen LogP contribution in [0.3, 0.4) is 0 Å². The van der Waals surface area contributed by atoms with Crippen molar-refractivity contribution < 1.29 is 19.4 Å². The molecule has 0 radical (unpaired) electrons. The number of hydrogen-bond donors (Lipinski definition) is 1. The van der Waals surface area contributed by atoms with E-state index >= 15 is 0 Å². The van der Waals surface area contributed by atoms with Crippen LogP contribution in [0.15, 0.2) is 0 Å². The van der Waals surface area contributed by atoms with E-state index in [1.807, 2.05) is 6.92 Å². The first kappa shape index (κ1) is 28.9. The van der Waals surface area contributed by atoms with Gasteiger partial charge in [-0.05, 0) is 70.1 Å². The van der Waals surface area contributed by atoms with Gasteiger partial charge in [0, 0.05) is 26.4 Å². The van der Waals surface area contributed by atoms with Crippen LogP contribution in [-0.4, -0.2) is 65.3 Å². The van der Waals surface area contributed by atoms with Gasteiger partial charge in [-0.2, -0.15) is 0 Å². The Balaban J connectivity index is 2.34. The van der Waals surface area contributed by atoms with E-state index in [-0.39, 0.29) is 24.0 Å². The quantitative estimate of drug-likeness (QED) is 0.199. The topological polar surface area (TPSA) is 70.1 Å². The van der Waals surface area contributed by atoms with Gasteiger partial charge in [-0.3, -0.25) is 9.69 Å². The molecule has 6 heteroatoms. The van der Waals surface area contributed by atoms with Crippen LogP contribution in [0.25, 0.3) is 0 Å². The Morgan fingerprint density at radius 2 is 1.38 bits per heavy atom. The number of imide groups is 1. The number of carbonyl (C=O) groups excluding carboxylic acids is 2. The second-order valence-corrected chi connectivity index (χ2v) is 9.52. The normalized spacial score (nSPS) is 15.3. The Morgan fingerprint density at radius 1 is 0.812 bits per heavy atom. The number of rotatable bonds is 19. The zero-order valence-electron chi connectivity index (χ0n) is 21.6. The van der Waals surface area contributed by atoms with E-state index < -0.39 is 0 Å².